The van der Waals surface area contributed by atoms with Crippen molar-refractivity contribution >= 4 is 16.9 Å². The Morgan fingerprint density at radius 2 is 2.00 bits per heavy atom. The van der Waals surface area contributed by atoms with E-state index in [0.717, 1.165) is 16.6 Å². The van der Waals surface area contributed by atoms with Gasteiger partial charge in [-0.25, -0.2) is 19.0 Å². The SMILES string of the molecule is CC(C)(C)n1nc(Cc2cccc(F)c2)c2c(N)ncnc21. The van der Waals surface area contributed by atoms with Crippen molar-refractivity contribution in [2.24, 2.45) is 0 Å². The second-order valence-electron chi connectivity index (χ2n) is 6.29. The van der Waals surface area contributed by atoms with Crippen LogP contribution in [0.1, 0.15) is 32.0 Å². The number of fused-ring (bicyclic) bond motifs is 1. The number of nitrogens with two attached hydrogens (primary N) is 1. The van der Waals surface area contributed by atoms with Crippen molar-refractivity contribution in [1.29, 1.82) is 0 Å². The van der Waals surface area contributed by atoms with Crippen LogP contribution in [0.3, 0.4) is 0 Å². The highest BCUT2D eigenvalue weighted by atomic mass is 19.1. The maximum absolute atomic E-state index is 13.4. The molecule has 0 saturated heterocycles. The highest BCUT2D eigenvalue weighted by Gasteiger charge is 2.23. The van der Waals surface area contributed by atoms with E-state index in [2.05, 4.69) is 15.1 Å². The van der Waals surface area contributed by atoms with Crippen LogP contribution in [0.25, 0.3) is 11.0 Å². The lowest BCUT2D eigenvalue weighted by atomic mass is 10.1. The van der Waals surface area contributed by atoms with Gasteiger partial charge in [0.05, 0.1) is 16.6 Å². The van der Waals surface area contributed by atoms with E-state index in [1.54, 1.807) is 6.07 Å². The minimum atomic E-state index is -0.263. The number of hydrogen-bond donors (Lipinski definition) is 1. The molecule has 0 atom stereocenters. The fraction of sp³-hybridized carbons (Fsp3) is 0.312. The number of nitrogen functional groups attached to an aromatic ring is 1. The van der Waals surface area contributed by atoms with Crippen LogP contribution < -0.4 is 5.73 Å². The fourth-order valence-corrected chi connectivity index (χ4v) is 2.48. The van der Waals surface area contributed by atoms with Gasteiger partial charge in [-0.2, -0.15) is 5.10 Å². The van der Waals surface area contributed by atoms with Crippen LogP contribution in [0.5, 0.6) is 0 Å². The normalized spacial score (nSPS) is 12.0. The molecular weight excluding hydrogens is 281 g/mol. The van der Waals surface area contributed by atoms with Crippen LogP contribution in [-0.4, -0.2) is 19.7 Å². The molecule has 6 heteroatoms. The summed E-state index contributed by atoms with van der Waals surface area (Å²) < 4.78 is 15.2. The van der Waals surface area contributed by atoms with Crippen molar-refractivity contribution in [1.82, 2.24) is 19.7 Å². The molecule has 0 amide bonds. The molecule has 2 heterocycles. The quantitative estimate of drug-likeness (QED) is 0.790. The van der Waals surface area contributed by atoms with E-state index >= 15 is 0 Å². The molecule has 0 aliphatic heterocycles. The molecule has 114 valence electrons. The monoisotopic (exact) mass is 299 g/mol. The molecule has 0 radical (unpaired) electrons. The van der Waals surface area contributed by atoms with Gasteiger partial charge in [-0.15, -0.1) is 0 Å². The first-order valence-electron chi connectivity index (χ1n) is 7.09. The van der Waals surface area contributed by atoms with Crippen LogP contribution >= 0.6 is 0 Å². The van der Waals surface area contributed by atoms with E-state index in [1.165, 1.54) is 18.5 Å². The molecule has 2 aromatic heterocycles. The zero-order chi connectivity index (χ0) is 15.9. The number of halogens is 1. The maximum atomic E-state index is 13.4. The van der Waals surface area contributed by atoms with Gasteiger partial charge in [-0.05, 0) is 38.5 Å². The molecule has 0 spiro atoms. The molecule has 0 bridgehead atoms. The molecule has 3 rings (SSSR count). The zero-order valence-corrected chi connectivity index (χ0v) is 12.8. The predicted octanol–water partition coefficient (Wildman–Crippen LogP) is 2.89. The number of benzene rings is 1. The third-order valence-corrected chi connectivity index (χ3v) is 3.46. The van der Waals surface area contributed by atoms with Crippen LogP contribution in [0.4, 0.5) is 10.2 Å². The molecule has 0 unspecified atom stereocenters. The Morgan fingerprint density at radius 3 is 2.68 bits per heavy atom. The second-order valence-corrected chi connectivity index (χ2v) is 6.29. The van der Waals surface area contributed by atoms with E-state index in [-0.39, 0.29) is 11.4 Å². The van der Waals surface area contributed by atoms with Crippen LogP contribution in [0, 0.1) is 5.82 Å². The number of anilines is 1. The van der Waals surface area contributed by atoms with E-state index in [4.69, 9.17) is 5.73 Å². The molecule has 2 N–H and O–H groups in total. The number of nitrogens with zero attached hydrogens (tertiary/aromatic N) is 4. The van der Waals surface area contributed by atoms with Gasteiger partial charge in [-0.3, -0.25) is 0 Å². The van der Waals surface area contributed by atoms with E-state index in [9.17, 15) is 4.39 Å². The minimum absolute atomic E-state index is 0.237. The van der Waals surface area contributed by atoms with Crippen LogP contribution in [-0.2, 0) is 12.0 Å². The minimum Gasteiger partial charge on any atom is -0.383 e. The summed E-state index contributed by atoms with van der Waals surface area (Å²) in [6.07, 6.45) is 1.92. The van der Waals surface area contributed by atoms with E-state index in [1.807, 2.05) is 31.5 Å². The Bertz CT molecular complexity index is 832. The summed E-state index contributed by atoms with van der Waals surface area (Å²) in [5, 5.41) is 5.40. The Hall–Kier alpha value is -2.50. The topological polar surface area (TPSA) is 69.6 Å². The summed E-state index contributed by atoms with van der Waals surface area (Å²) >= 11 is 0. The van der Waals surface area contributed by atoms with E-state index in [0.29, 0.717) is 17.9 Å². The highest BCUT2D eigenvalue weighted by Crippen LogP contribution is 2.27. The predicted molar refractivity (Wildman–Crippen MR) is 83.9 cm³/mol. The second kappa shape index (κ2) is 5.05. The summed E-state index contributed by atoms with van der Waals surface area (Å²) in [6.45, 7) is 6.14. The van der Waals surface area contributed by atoms with Crippen molar-refractivity contribution in [3.63, 3.8) is 0 Å². The lowest BCUT2D eigenvalue weighted by Crippen LogP contribution is -2.23. The van der Waals surface area contributed by atoms with Gasteiger partial charge in [0.25, 0.3) is 0 Å². The lowest BCUT2D eigenvalue weighted by Gasteiger charge is -2.19. The van der Waals surface area contributed by atoms with Gasteiger partial charge >= 0.3 is 0 Å². The van der Waals surface area contributed by atoms with Crippen LogP contribution in [0.2, 0.25) is 0 Å². The van der Waals surface area contributed by atoms with Gasteiger partial charge in [0.2, 0.25) is 0 Å². The van der Waals surface area contributed by atoms with Gasteiger partial charge in [0.1, 0.15) is 18.0 Å². The van der Waals surface area contributed by atoms with Crippen LogP contribution in [0.15, 0.2) is 30.6 Å². The zero-order valence-electron chi connectivity index (χ0n) is 12.8. The standard InChI is InChI=1S/C16H18FN5/c1-16(2,3)22-15-13(14(18)19-9-20-15)12(21-22)8-10-5-4-6-11(17)7-10/h4-7,9H,8H2,1-3H3,(H2,18,19,20). The number of aromatic nitrogens is 4. The first-order valence-corrected chi connectivity index (χ1v) is 7.09. The van der Waals surface area contributed by atoms with E-state index < -0.39 is 0 Å². The lowest BCUT2D eigenvalue weighted by molar-refractivity contribution is 0.363. The van der Waals surface area contributed by atoms with Gasteiger partial charge in [0, 0.05) is 6.42 Å². The Labute approximate surface area is 128 Å². The number of hydrogen-bond acceptors (Lipinski definition) is 4. The highest BCUT2D eigenvalue weighted by molar-refractivity contribution is 5.88. The molecule has 0 aliphatic carbocycles. The largest absolute Gasteiger partial charge is 0.383 e. The average molecular weight is 299 g/mol. The van der Waals surface area contributed by atoms with Gasteiger partial charge in [0.15, 0.2) is 5.65 Å². The summed E-state index contributed by atoms with van der Waals surface area (Å²) in [5.41, 5.74) is 8.08. The molecule has 3 aromatic rings. The third-order valence-electron chi connectivity index (χ3n) is 3.46. The van der Waals surface area contributed by atoms with Gasteiger partial charge in [-0.1, -0.05) is 12.1 Å². The first-order chi connectivity index (χ1) is 10.4. The Kier molecular flexibility index (Phi) is 3.31. The summed E-state index contributed by atoms with van der Waals surface area (Å²) in [5.74, 6) is 0.133. The third kappa shape index (κ3) is 2.52. The molecule has 5 nitrogen and oxygen atoms in total. The van der Waals surface area contributed by atoms with Crippen molar-refractivity contribution in [3.8, 4) is 0 Å². The van der Waals surface area contributed by atoms with Crippen molar-refractivity contribution in [2.45, 2.75) is 32.7 Å². The van der Waals surface area contributed by atoms with Crippen molar-refractivity contribution in [2.75, 3.05) is 5.73 Å². The first kappa shape index (κ1) is 14.4. The summed E-state index contributed by atoms with van der Waals surface area (Å²) in [4.78, 5) is 8.39. The molecule has 22 heavy (non-hydrogen) atoms. The maximum Gasteiger partial charge on any atom is 0.164 e. The smallest absolute Gasteiger partial charge is 0.164 e. The summed E-state index contributed by atoms with van der Waals surface area (Å²) in [7, 11) is 0. The molecule has 1 aromatic carbocycles. The molecule has 0 saturated carbocycles. The summed E-state index contributed by atoms with van der Waals surface area (Å²) in [6, 6.07) is 6.48. The average Bonchev–Trinajstić information content (AvgIpc) is 2.79. The Morgan fingerprint density at radius 1 is 1.23 bits per heavy atom. The van der Waals surface area contributed by atoms with Crippen molar-refractivity contribution < 1.29 is 4.39 Å². The van der Waals surface area contributed by atoms with Crippen molar-refractivity contribution in [3.05, 3.63) is 47.7 Å². The van der Waals surface area contributed by atoms with Gasteiger partial charge < -0.3 is 5.73 Å². The molecular formula is C16H18FN5. The molecule has 0 aliphatic rings. The Balaban J connectivity index is 2.17. The molecule has 0 fully saturated rings. The fourth-order valence-electron chi connectivity index (χ4n) is 2.48. The number of rotatable bonds is 2.